The highest BCUT2D eigenvalue weighted by Crippen LogP contribution is 2.17. The van der Waals surface area contributed by atoms with E-state index >= 15 is 0 Å². The molecular weight excluding hydrogens is 254 g/mol. The fourth-order valence-corrected chi connectivity index (χ4v) is 1.79. The van der Waals surface area contributed by atoms with Gasteiger partial charge in [-0.1, -0.05) is 18.2 Å². The zero-order valence-corrected chi connectivity index (χ0v) is 11.5. The van der Waals surface area contributed by atoms with Gasteiger partial charge in [-0.15, -0.1) is 0 Å². The summed E-state index contributed by atoms with van der Waals surface area (Å²) in [4.78, 5) is 15.3. The number of carbonyl (C=O) groups excluding carboxylic acids is 1. The van der Waals surface area contributed by atoms with E-state index in [1.54, 1.807) is 19.4 Å². The Labute approximate surface area is 118 Å². The van der Waals surface area contributed by atoms with Gasteiger partial charge in [0.2, 0.25) is 11.8 Å². The molecule has 0 aliphatic heterocycles. The minimum absolute atomic E-state index is 0.0800. The number of para-hydroxylation sites is 1. The quantitative estimate of drug-likeness (QED) is 0.877. The maximum absolute atomic E-state index is 11.2. The Bertz CT molecular complexity index is 582. The smallest absolute Gasteiger partial charge is 0.221 e. The molecule has 1 aromatic heterocycles. The van der Waals surface area contributed by atoms with Gasteiger partial charge in [-0.25, -0.2) is 4.98 Å². The number of carbonyl (C=O) groups is 1. The Kier molecular flexibility index (Phi) is 4.55. The van der Waals surface area contributed by atoms with Crippen molar-refractivity contribution in [1.29, 1.82) is 0 Å². The van der Waals surface area contributed by atoms with E-state index in [2.05, 4.69) is 15.6 Å². The van der Waals surface area contributed by atoms with Gasteiger partial charge in [0, 0.05) is 25.2 Å². The molecule has 0 saturated heterocycles. The van der Waals surface area contributed by atoms with Crippen molar-refractivity contribution in [2.45, 2.75) is 13.5 Å². The third-order valence-corrected chi connectivity index (χ3v) is 2.76. The fraction of sp³-hybridized carbons (Fsp3) is 0.200. The van der Waals surface area contributed by atoms with Crippen LogP contribution in [0.5, 0.6) is 5.88 Å². The third-order valence-electron chi connectivity index (χ3n) is 2.76. The fourth-order valence-electron chi connectivity index (χ4n) is 1.79. The van der Waals surface area contributed by atoms with Gasteiger partial charge in [0.1, 0.15) is 0 Å². The lowest BCUT2D eigenvalue weighted by molar-refractivity contribution is -0.114. The van der Waals surface area contributed by atoms with Crippen molar-refractivity contribution >= 4 is 17.3 Å². The van der Waals surface area contributed by atoms with Crippen molar-refractivity contribution in [1.82, 2.24) is 4.98 Å². The van der Waals surface area contributed by atoms with E-state index in [1.807, 2.05) is 30.3 Å². The second-order valence-corrected chi connectivity index (χ2v) is 4.28. The number of pyridine rings is 1. The van der Waals surface area contributed by atoms with E-state index in [-0.39, 0.29) is 5.91 Å². The minimum Gasteiger partial charge on any atom is -0.481 e. The van der Waals surface area contributed by atoms with Crippen LogP contribution in [0.2, 0.25) is 0 Å². The highest BCUT2D eigenvalue weighted by atomic mass is 16.5. The zero-order chi connectivity index (χ0) is 14.4. The first-order chi connectivity index (χ1) is 9.69. The zero-order valence-electron chi connectivity index (χ0n) is 11.5. The van der Waals surface area contributed by atoms with Crippen LogP contribution in [0, 0.1) is 0 Å². The molecule has 0 unspecified atom stereocenters. The molecule has 0 spiro atoms. The number of benzene rings is 1. The van der Waals surface area contributed by atoms with Crippen molar-refractivity contribution in [3.05, 3.63) is 48.2 Å². The van der Waals surface area contributed by atoms with E-state index in [1.165, 1.54) is 6.92 Å². The lowest BCUT2D eigenvalue weighted by atomic mass is 10.1. The van der Waals surface area contributed by atoms with Crippen LogP contribution in [-0.4, -0.2) is 18.0 Å². The minimum atomic E-state index is -0.0800. The first-order valence-corrected chi connectivity index (χ1v) is 6.28. The van der Waals surface area contributed by atoms with E-state index in [4.69, 9.17) is 4.74 Å². The number of nitrogens with zero attached hydrogens (tertiary/aromatic N) is 1. The molecule has 20 heavy (non-hydrogen) atoms. The molecule has 0 bridgehead atoms. The largest absolute Gasteiger partial charge is 0.481 e. The van der Waals surface area contributed by atoms with E-state index < -0.39 is 0 Å². The van der Waals surface area contributed by atoms with Gasteiger partial charge >= 0.3 is 0 Å². The molecule has 5 nitrogen and oxygen atoms in total. The second-order valence-electron chi connectivity index (χ2n) is 4.28. The summed E-state index contributed by atoms with van der Waals surface area (Å²) in [5.41, 5.74) is 2.72. The summed E-state index contributed by atoms with van der Waals surface area (Å²) in [6.07, 6.45) is 1.71. The number of aromatic nitrogens is 1. The van der Waals surface area contributed by atoms with Crippen molar-refractivity contribution in [2.24, 2.45) is 0 Å². The molecule has 2 N–H and O–H groups in total. The maximum Gasteiger partial charge on any atom is 0.221 e. The topological polar surface area (TPSA) is 63.2 Å². The lowest BCUT2D eigenvalue weighted by Gasteiger charge is -2.11. The number of methoxy groups -OCH3 is 1. The van der Waals surface area contributed by atoms with Crippen molar-refractivity contribution < 1.29 is 9.53 Å². The first kappa shape index (κ1) is 13.9. The highest BCUT2D eigenvalue weighted by Gasteiger charge is 2.03. The Morgan fingerprint density at radius 2 is 2.05 bits per heavy atom. The number of amides is 1. The summed E-state index contributed by atoms with van der Waals surface area (Å²) in [7, 11) is 1.58. The summed E-state index contributed by atoms with van der Waals surface area (Å²) in [6.45, 7) is 2.10. The van der Waals surface area contributed by atoms with Crippen molar-refractivity contribution in [3.8, 4) is 5.88 Å². The lowest BCUT2D eigenvalue weighted by Crippen LogP contribution is -2.10. The number of hydrogen-bond acceptors (Lipinski definition) is 4. The summed E-state index contributed by atoms with van der Waals surface area (Å²) in [5, 5.41) is 6.07. The van der Waals surface area contributed by atoms with Crippen LogP contribution in [-0.2, 0) is 11.3 Å². The third kappa shape index (κ3) is 3.71. The summed E-state index contributed by atoms with van der Waals surface area (Å²) < 4.78 is 5.01. The SMILES string of the molecule is COc1ccc(NCc2ccccc2NC(C)=O)cn1. The molecule has 104 valence electrons. The molecule has 0 atom stereocenters. The Morgan fingerprint density at radius 1 is 1.25 bits per heavy atom. The predicted molar refractivity (Wildman–Crippen MR) is 78.9 cm³/mol. The van der Waals surface area contributed by atoms with Crippen LogP contribution in [0.25, 0.3) is 0 Å². The van der Waals surface area contributed by atoms with Gasteiger partial charge < -0.3 is 15.4 Å². The molecule has 2 rings (SSSR count). The van der Waals surface area contributed by atoms with Crippen LogP contribution < -0.4 is 15.4 Å². The van der Waals surface area contributed by atoms with Crippen LogP contribution in [0.4, 0.5) is 11.4 Å². The number of anilines is 2. The van der Waals surface area contributed by atoms with Crippen LogP contribution >= 0.6 is 0 Å². The average molecular weight is 271 g/mol. The van der Waals surface area contributed by atoms with Gasteiger partial charge in [-0.05, 0) is 17.7 Å². The van der Waals surface area contributed by atoms with Gasteiger partial charge in [-0.3, -0.25) is 4.79 Å². The standard InChI is InChI=1S/C15H17N3O2/c1-11(19)18-14-6-4-3-5-12(14)9-16-13-7-8-15(20-2)17-10-13/h3-8,10,16H,9H2,1-2H3,(H,18,19). The number of ether oxygens (including phenoxy) is 1. The van der Waals surface area contributed by atoms with Gasteiger partial charge in [0.15, 0.2) is 0 Å². The van der Waals surface area contributed by atoms with Crippen LogP contribution in [0.1, 0.15) is 12.5 Å². The van der Waals surface area contributed by atoms with Crippen molar-refractivity contribution in [2.75, 3.05) is 17.7 Å². The van der Waals surface area contributed by atoms with Gasteiger partial charge in [0.05, 0.1) is 19.0 Å². The molecule has 5 heteroatoms. The van der Waals surface area contributed by atoms with Crippen molar-refractivity contribution in [3.63, 3.8) is 0 Å². The molecule has 1 amide bonds. The molecule has 0 fully saturated rings. The normalized spacial score (nSPS) is 9.90. The Hall–Kier alpha value is -2.56. The first-order valence-electron chi connectivity index (χ1n) is 6.28. The predicted octanol–water partition coefficient (Wildman–Crippen LogP) is 2.66. The maximum atomic E-state index is 11.2. The van der Waals surface area contributed by atoms with Gasteiger partial charge in [-0.2, -0.15) is 0 Å². The number of nitrogens with one attached hydrogen (secondary N) is 2. The van der Waals surface area contributed by atoms with E-state index in [9.17, 15) is 4.79 Å². The molecule has 0 saturated carbocycles. The summed E-state index contributed by atoms with van der Waals surface area (Å²) in [6, 6.07) is 11.4. The molecular formula is C15H17N3O2. The number of rotatable bonds is 5. The number of hydrogen-bond donors (Lipinski definition) is 2. The summed E-state index contributed by atoms with van der Waals surface area (Å²) in [5.74, 6) is 0.498. The van der Waals surface area contributed by atoms with E-state index in [0.717, 1.165) is 16.9 Å². The summed E-state index contributed by atoms with van der Waals surface area (Å²) >= 11 is 0. The molecule has 0 aliphatic carbocycles. The molecule has 0 aliphatic rings. The highest BCUT2D eigenvalue weighted by molar-refractivity contribution is 5.89. The van der Waals surface area contributed by atoms with Gasteiger partial charge in [0.25, 0.3) is 0 Å². The Morgan fingerprint density at radius 3 is 2.70 bits per heavy atom. The monoisotopic (exact) mass is 271 g/mol. The molecule has 1 aromatic carbocycles. The molecule has 0 radical (unpaired) electrons. The Balaban J connectivity index is 2.04. The van der Waals surface area contributed by atoms with Crippen LogP contribution in [0.15, 0.2) is 42.6 Å². The van der Waals surface area contributed by atoms with Crippen LogP contribution in [0.3, 0.4) is 0 Å². The van der Waals surface area contributed by atoms with E-state index in [0.29, 0.717) is 12.4 Å². The molecule has 1 heterocycles. The second kappa shape index (κ2) is 6.56. The average Bonchev–Trinajstić information content (AvgIpc) is 2.46. The molecule has 2 aromatic rings.